The van der Waals surface area contributed by atoms with Gasteiger partial charge in [-0.05, 0) is 72.0 Å². The Labute approximate surface area is 237 Å². The van der Waals surface area contributed by atoms with Crippen molar-refractivity contribution in [2.45, 2.75) is 43.5 Å². The molecule has 2 atom stereocenters. The molecule has 216 valence electrons. The molecule has 1 aromatic heterocycles. The minimum Gasteiger partial charge on any atom is -0.451 e. The number of aryl methyl sites for hydroxylation is 1. The topological polar surface area (TPSA) is 121 Å². The molecule has 8 nitrogen and oxygen atoms in total. The van der Waals surface area contributed by atoms with Crippen LogP contribution in [0.1, 0.15) is 34.0 Å². The second-order valence-electron chi connectivity index (χ2n) is 9.55. The molecule has 0 saturated carbocycles. The Hall–Kier alpha value is -4.06. The molecular weight excluding hydrogens is 552 g/mol. The molecule has 3 aromatic carbocycles. The Bertz CT molecular complexity index is 1560. The van der Waals surface area contributed by atoms with E-state index in [0.29, 0.717) is 6.54 Å². The summed E-state index contributed by atoms with van der Waals surface area (Å²) in [6.45, 7) is 2.61. The number of carbonyl (C=O) groups excluding carboxylic acids is 1. The van der Waals surface area contributed by atoms with Crippen molar-refractivity contribution in [3.63, 3.8) is 0 Å². The highest BCUT2D eigenvalue weighted by molar-refractivity contribution is 7.92. The summed E-state index contributed by atoms with van der Waals surface area (Å²) in [6.07, 6.45) is 0.936. The number of rotatable bonds is 13. The average Bonchev–Trinajstić information content (AvgIpc) is 3.49. The van der Waals surface area contributed by atoms with Crippen LogP contribution < -0.4 is 15.4 Å². The first kappa shape index (κ1) is 29.9. The summed E-state index contributed by atoms with van der Waals surface area (Å²) in [5, 5.41) is 16.6. The average molecular weight is 584 g/mol. The van der Waals surface area contributed by atoms with E-state index in [1.54, 1.807) is 0 Å². The van der Waals surface area contributed by atoms with Gasteiger partial charge in [0, 0.05) is 30.4 Å². The fourth-order valence-corrected chi connectivity index (χ4v) is 5.31. The molecule has 0 bridgehead atoms. The number of benzene rings is 3. The molecule has 1 amide bonds. The van der Waals surface area contributed by atoms with Gasteiger partial charge in [-0.2, -0.15) is 8.42 Å². The minimum atomic E-state index is -4.00. The lowest BCUT2D eigenvalue weighted by atomic mass is 10.00. The Morgan fingerprint density at radius 2 is 1.66 bits per heavy atom. The van der Waals surface area contributed by atoms with Crippen LogP contribution in [0.4, 0.5) is 14.5 Å². The van der Waals surface area contributed by atoms with E-state index >= 15 is 0 Å². The van der Waals surface area contributed by atoms with Crippen LogP contribution >= 0.6 is 0 Å². The van der Waals surface area contributed by atoms with Gasteiger partial charge in [-0.15, -0.1) is 0 Å². The number of sulfonamides is 1. The highest BCUT2D eigenvalue weighted by Crippen LogP contribution is 2.18. The molecule has 0 aliphatic rings. The van der Waals surface area contributed by atoms with Crippen LogP contribution in [-0.4, -0.2) is 38.1 Å². The summed E-state index contributed by atoms with van der Waals surface area (Å²) in [6, 6.07) is 18.6. The maximum absolute atomic E-state index is 13.9. The number of hydrogen-bond donors (Lipinski definition) is 4. The Balaban J connectivity index is 1.48. The molecule has 4 rings (SSSR count). The quantitative estimate of drug-likeness (QED) is 0.185. The summed E-state index contributed by atoms with van der Waals surface area (Å²) in [5.74, 6) is -2.16. The fourth-order valence-electron chi connectivity index (χ4n) is 4.33. The van der Waals surface area contributed by atoms with E-state index in [-0.39, 0.29) is 34.9 Å². The Morgan fingerprint density at radius 3 is 2.37 bits per heavy atom. The van der Waals surface area contributed by atoms with Crippen molar-refractivity contribution in [2.75, 3.05) is 11.3 Å². The second kappa shape index (κ2) is 13.5. The molecule has 0 spiro atoms. The highest BCUT2D eigenvalue weighted by atomic mass is 32.2. The third kappa shape index (κ3) is 8.46. The monoisotopic (exact) mass is 583 g/mol. The first-order valence-electron chi connectivity index (χ1n) is 13.0. The van der Waals surface area contributed by atoms with Gasteiger partial charge in [0.15, 0.2) is 0 Å². The number of hydrogen-bond acceptors (Lipinski definition) is 6. The van der Waals surface area contributed by atoms with E-state index < -0.39 is 39.7 Å². The largest absolute Gasteiger partial charge is 0.451 e. The third-order valence-corrected chi connectivity index (χ3v) is 7.64. The van der Waals surface area contributed by atoms with E-state index in [1.165, 1.54) is 48.2 Å². The second-order valence-corrected chi connectivity index (χ2v) is 11.2. The van der Waals surface area contributed by atoms with E-state index in [4.69, 9.17) is 4.42 Å². The van der Waals surface area contributed by atoms with Gasteiger partial charge < -0.3 is 20.2 Å². The number of aliphatic hydroxyl groups excluding tert-OH is 1. The number of halogens is 2. The van der Waals surface area contributed by atoms with Gasteiger partial charge in [0.2, 0.25) is 5.09 Å². The van der Waals surface area contributed by atoms with Crippen LogP contribution in [0.2, 0.25) is 0 Å². The standard InChI is InChI=1S/C30H31F2N3O5S/c1-2-20-6-3-7-21(12-20)18-33-19-28(36)27(15-22-13-24(31)17-25(32)14-22)34-30(37)23-8-4-9-26(16-23)35-41(38,39)29-10-5-11-40-29/h3-14,16-17,27-28,33,35-36H,2,15,18-19H2,1H3,(H,34,37)/t27-,28+/m0/s1. The van der Waals surface area contributed by atoms with Gasteiger partial charge in [-0.1, -0.05) is 37.3 Å². The van der Waals surface area contributed by atoms with E-state index in [2.05, 4.69) is 28.3 Å². The lowest BCUT2D eigenvalue weighted by Gasteiger charge is -2.25. The summed E-state index contributed by atoms with van der Waals surface area (Å²) in [7, 11) is -4.00. The van der Waals surface area contributed by atoms with Gasteiger partial charge in [0.1, 0.15) is 11.6 Å². The first-order valence-corrected chi connectivity index (χ1v) is 14.5. The molecule has 0 aliphatic heterocycles. The molecule has 4 N–H and O–H groups in total. The summed E-state index contributed by atoms with van der Waals surface area (Å²) < 4.78 is 60.1. The van der Waals surface area contributed by atoms with Crippen molar-refractivity contribution in [2.24, 2.45) is 0 Å². The number of amides is 1. The minimum absolute atomic E-state index is 0.0562. The smallest absolute Gasteiger partial charge is 0.295 e. The molecule has 0 radical (unpaired) electrons. The summed E-state index contributed by atoms with van der Waals surface area (Å²) in [5.41, 5.74) is 2.68. The zero-order valence-corrected chi connectivity index (χ0v) is 23.1. The lowest BCUT2D eigenvalue weighted by Crippen LogP contribution is -2.48. The number of anilines is 1. The third-order valence-electron chi connectivity index (χ3n) is 6.38. The SMILES string of the molecule is CCc1cccc(CNC[C@@H](O)[C@H](Cc2cc(F)cc(F)c2)NC(=O)c2cccc(NS(=O)(=O)c3ccco3)c2)c1. The molecule has 0 saturated heterocycles. The van der Waals surface area contributed by atoms with Crippen molar-refractivity contribution >= 4 is 21.6 Å². The summed E-state index contributed by atoms with van der Waals surface area (Å²) in [4.78, 5) is 13.2. The molecule has 0 fully saturated rings. The molecule has 41 heavy (non-hydrogen) atoms. The van der Waals surface area contributed by atoms with E-state index in [0.717, 1.165) is 30.2 Å². The maximum Gasteiger partial charge on any atom is 0.295 e. The first-order chi connectivity index (χ1) is 19.6. The molecule has 0 aliphatic carbocycles. The van der Waals surface area contributed by atoms with Crippen molar-refractivity contribution in [3.8, 4) is 0 Å². The van der Waals surface area contributed by atoms with Crippen molar-refractivity contribution in [1.29, 1.82) is 0 Å². The summed E-state index contributed by atoms with van der Waals surface area (Å²) >= 11 is 0. The van der Waals surface area contributed by atoms with Crippen LogP contribution in [0.15, 0.2) is 94.6 Å². The van der Waals surface area contributed by atoms with Crippen LogP contribution in [-0.2, 0) is 29.4 Å². The molecule has 11 heteroatoms. The molecule has 1 heterocycles. The Kier molecular flexibility index (Phi) is 9.87. The van der Waals surface area contributed by atoms with Gasteiger partial charge in [-0.25, -0.2) is 8.78 Å². The van der Waals surface area contributed by atoms with Crippen LogP contribution in [0.5, 0.6) is 0 Å². The lowest BCUT2D eigenvalue weighted by molar-refractivity contribution is 0.0830. The van der Waals surface area contributed by atoms with Gasteiger partial charge in [-0.3, -0.25) is 9.52 Å². The van der Waals surface area contributed by atoms with Crippen LogP contribution in [0.25, 0.3) is 0 Å². The highest BCUT2D eigenvalue weighted by Gasteiger charge is 2.24. The molecule has 0 unspecified atom stereocenters. The van der Waals surface area contributed by atoms with Crippen molar-refractivity contribution in [1.82, 2.24) is 10.6 Å². The van der Waals surface area contributed by atoms with Crippen molar-refractivity contribution in [3.05, 3.63) is 119 Å². The number of aliphatic hydroxyl groups is 1. The number of carbonyl (C=O) groups is 1. The number of nitrogens with one attached hydrogen (secondary N) is 3. The van der Waals surface area contributed by atoms with Gasteiger partial charge in [0.25, 0.3) is 15.9 Å². The normalized spacial score (nSPS) is 13.0. The predicted molar refractivity (Wildman–Crippen MR) is 151 cm³/mol. The maximum atomic E-state index is 13.9. The van der Waals surface area contributed by atoms with Gasteiger partial charge >= 0.3 is 0 Å². The molecular formula is C30H31F2N3O5S. The van der Waals surface area contributed by atoms with E-state index in [1.807, 2.05) is 18.2 Å². The fraction of sp³-hybridized carbons (Fsp3) is 0.233. The van der Waals surface area contributed by atoms with Crippen LogP contribution in [0.3, 0.4) is 0 Å². The van der Waals surface area contributed by atoms with Gasteiger partial charge in [0.05, 0.1) is 18.4 Å². The number of furan rings is 1. The zero-order valence-electron chi connectivity index (χ0n) is 22.3. The van der Waals surface area contributed by atoms with E-state index in [9.17, 15) is 27.1 Å². The predicted octanol–water partition coefficient (Wildman–Crippen LogP) is 4.41. The van der Waals surface area contributed by atoms with Crippen molar-refractivity contribution < 1.29 is 31.5 Å². The molecule has 4 aromatic rings. The van der Waals surface area contributed by atoms with Crippen LogP contribution in [0, 0.1) is 11.6 Å². The Morgan fingerprint density at radius 1 is 0.927 bits per heavy atom. The zero-order chi connectivity index (χ0) is 29.4.